The molecule has 1 aromatic rings. The maximum absolute atomic E-state index is 12.7. The van der Waals surface area contributed by atoms with Gasteiger partial charge in [-0.2, -0.15) is 4.31 Å². The van der Waals surface area contributed by atoms with Crippen LogP contribution in [-0.2, 0) is 10.0 Å². The third-order valence-corrected chi connectivity index (χ3v) is 5.84. The normalized spacial score (nSPS) is 19.7. The highest BCUT2D eigenvalue weighted by Crippen LogP contribution is 2.20. The lowest BCUT2D eigenvalue weighted by Crippen LogP contribution is -2.45. The van der Waals surface area contributed by atoms with Crippen LogP contribution in [0, 0.1) is 0 Å². The Kier molecular flexibility index (Phi) is 5.61. The summed E-state index contributed by atoms with van der Waals surface area (Å²) in [6.45, 7) is 3.87. The number of nitrogens with one attached hydrogen (secondary N) is 1. The fourth-order valence-electron chi connectivity index (χ4n) is 2.62. The van der Waals surface area contributed by atoms with Gasteiger partial charge in [0.2, 0.25) is 10.0 Å². The number of rotatable bonds is 6. The second-order valence-corrected chi connectivity index (χ2v) is 7.22. The van der Waals surface area contributed by atoms with Crippen LogP contribution in [0.2, 0.25) is 0 Å². The zero-order chi connectivity index (χ0) is 15.3. The van der Waals surface area contributed by atoms with Crippen molar-refractivity contribution >= 4 is 10.0 Å². The predicted molar refractivity (Wildman–Crippen MR) is 83.1 cm³/mol. The molecule has 1 unspecified atom stereocenters. The second kappa shape index (κ2) is 7.24. The summed E-state index contributed by atoms with van der Waals surface area (Å²) in [4.78, 5) is 0.320. The van der Waals surface area contributed by atoms with Crippen LogP contribution in [0.15, 0.2) is 29.2 Å². The Balaban J connectivity index is 2.13. The number of methoxy groups -OCH3 is 1. The van der Waals surface area contributed by atoms with Crippen LogP contribution in [-0.4, -0.2) is 45.5 Å². The SMILES string of the molecule is CCN(CC1CCCCN1)S(=O)(=O)c1ccc(OC)cc1. The van der Waals surface area contributed by atoms with E-state index in [4.69, 9.17) is 4.74 Å². The number of hydrogen-bond acceptors (Lipinski definition) is 4. The standard InChI is InChI=1S/C15H24N2O3S/c1-3-17(12-13-6-4-5-11-16-13)21(18,19)15-9-7-14(20-2)8-10-15/h7-10,13,16H,3-6,11-12H2,1-2H3. The maximum atomic E-state index is 12.7. The number of hydrogen-bond donors (Lipinski definition) is 1. The molecule has 1 aromatic carbocycles. The molecule has 0 aliphatic carbocycles. The smallest absolute Gasteiger partial charge is 0.243 e. The molecule has 6 heteroatoms. The third kappa shape index (κ3) is 3.96. The molecule has 1 aliphatic heterocycles. The van der Waals surface area contributed by atoms with E-state index < -0.39 is 10.0 Å². The molecule has 0 amide bonds. The van der Waals surface area contributed by atoms with Crippen LogP contribution in [0.3, 0.4) is 0 Å². The van der Waals surface area contributed by atoms with Gasteiger partial charge in [-0.05, 0) is 43.7 Å². The highest BCUT2D eigenvalue weighted by molar-refractivity contribution is 7.89. The first-order chi connectivity index (χ1) is 10.1. The monoisotopic (exact) mass is 312 g/mol. The zero-order valence-electron chi connectivity index (χ0n) is 12.7. The van der Waals surface area contributed by atoms with E-state index in [1.807, 2.05) is 6.92 Å². The van der Waals surface area contributed by atoms with Crippen molar-refractivity contribution in [3.8, 4) is 5.75 Å². The van der Waals surface area contributed by atoms with E-state index >= 15 is 0 Å². The van der Waals surface area contributed by atoms with Gasteiger partial charge < -0.3 is 10.1 Å². The highest BCUT2D eigenvalue weighted by atomic mass is 32.2. The van der Waals surface area contributed by atoms with Crippen molar-refractivity contribution in [2.75, 3.05) is 26.7 Å². The molecule has 1 saturated heterocycles. The van der Waals surface area contributed by atoms with Crippen LogP contribution in [0.4, 0.5) is 0 Å². The summed E-state index contributed by atoms with van der Waals surface area (Å²) in [6, 6.07) is 6.82. The minimum atomic E-state index is -3.44. The average Bonchev–Trinajstić information content (AvgIpc) is 2.53. The molecule has 0 radical (unpaired) electrons. The van der Waals surface area contributed by atoms with Crippen molar-refractivity contribution in [3.05, 3.63) is 24.3 Å². The third-order valence-electron chi connectivity index (χ3n) is 3.89. The van der Waals surface area contributed by atoms with Gasteiger partial charge in [-0.1, -0.05) is 13.3 Å². The molecule has 21 heavy (non-hydrogen) atoms. The summed E-state index contributed by atoms with van der Waals surface area (Å²) >= 11 is 0. The summed E-state index contributed by atoms with van der Waals surface area (Å²) in [5.41, 5.74) is 0. The van der Waals surface area contributed by atoms with Crippen LogP contribution in [0.5, 0.6) is 5.75 Å². The molecule has 0 spiro atoms. The molecule has 1 heterocycles. The Bertz CT molecular complexity index is 537. The number of nitrogens with zero attached hydrogens (tertiary/aromatic N) is 1. The lowest BCUT2D eigenvalue weighted by atomic mass is 10.1. The van der Waals surface area contributed by atoms with Crippen molar-refractivity contribution < 1.29 is 13.2 Å². The Hall–Kier alpha value is -1.11. The Morgan fingerprint density at radius 2 is 2.00 bits per heavy atom. The lowest BCUT2D eigenvalue weighted by Gasteiger charge is -2.29. The van der Waals surface area contributed by atoms with Crippen molar-refractivity contribution in [3.63, 3.8) is 0 Å². The van der Waals surface area contributed by atoms with Gasteiger partial charge >= 0.3 is 0 Å². The quantitative estimate of drug-likeness (QED) is 0.871. The van der Waals surface area contributed by atoms with Gasteiger partial charge in [0.25, 0.3) is 0 Å². The number of likely N-dealkylation sites (N-methyl/N-ethyl adjacent to an activating group) is 1. The summed E-state index contributed by atoms with van der Waals surface area (Å²) in [5.74, 6) is 0.658. The van der Waals surface area contributed by atoms with E-state index in [1.54, 1.807) is 35.7 Å². The van der Waals surface area contributed by atoms with E-state index in [0.717, 1.165) is 19.4 Å². The molecule has 2 rings (SSSR count). The minimum absolute atomic E-state index is 0.256. The fourth-order valence-corrected chi connectivity index (χ4v) is 4.11. The molecule has 1 aliphatic rings. The van der Waals surface area contributed by atoms with Crippen molar-refractivity contribution in [1.82, 2.24) is 9.62 Å². The summed E-state index contributed by atoms with van der Waals surface area (Å²) in [7, 11) is -1.87. The first-order valence-electron chi connectivity index (χ1n) is 7.45. The molecular formula is C15H24N2O3S. The Morgan fingerprint density at radius 1 is 1.29 bits per heavy atom. The van der Waals surface area contributed by atoms with E-state index in [-0.39, 0.29) is 6.04 Å². The number of piperidine rings is 1. The maximum Gasteiger partial charge on any atom is 0.243 e. The van der Waals surface area contributed by atoms with Crippen molar-refractivity contribution in [1.29, 1.82) is 0 Å². The molecule has 5 nitrogen and oxygen atoms in total. The zero-order valence-corrected chi connectivity index (χ0v) is 13.5. The summed E-state index contributed by atoms with van der Waals surface area (Å²) in [5, 5.41) is 3.40. The van der Waals surface area contributed by atoms with Gasteiger partial charge in [0.1, 0.15) is 5.75 Å². The Labute approximate surface area is 127 Å². The van der Waals surface area contributed by atoms with Gasteiger partial charge in [-0.3, -0.25) is 0 Å². The van der Waals surface area contributed by atoms with Gasteiger partial charge in [-0.25, -0.2) is 8.42 Å². The summed E-state index contributed by atoms with van der Waals surface area (Å²) in [6.07, 6.45) is 3.38. The fraction of sp³-hybridized carbons (Fsp3) is 0.600. The highest BCUT2D eigenvalue weighted by Gasteiger charge is 2.26. The predicted octanol–water partition coefficient (Wildman–Crippen LogP) is 1.85. The van der Waals surface area contributed by atoms with Gasteiger partial charge in [0.05, 0.1) is 12.0 Å². The van der Waals surface area contributed by atoms with Crippen LogP contribution >= 0.6 is 0 Å². The molecule has 118 valence electrons. The van der Waals surface area contributed by atoms with Crippen molar-refractivity contribution in [2.24, 2.45) is 0 Å². The van der Waals surface area contributed by atoms with Crippen LogP contribution in [0.1, 0.15) is 26.2 Å². The Morgan fingerprint density at radius 3 is 2.52 bits per heavy atom. The number of sulfonamides is 1. The van der Waals surface area contributed by atoms with Crippen LogP contribution < -0.4 is 10.1 Å². The topological polar surface area (TPSA) is 58.6 Å². The van der Waals surface area contributed by atoms with E-state index in [9.17, 15) is 8.42 Å². The van der Waals surface area contributed by atoms with E-state index in [0.29, 0.717) is 23.7 Å². The molecular weight excluding hydrogens is 288 g/mol. The molecule has 0 saturated carbocycles. The summed E-state index contributed by atoms with van der Waals surface area (Å²) < 4.78 is 32.0. The minimum Gasteiger partial charge on any atom is -0.497 e. The molecule has 0 bridgehead atoms. The van der Waals surface area contributed by atoms with E-state index in [2.05, 4.69) is 5.32 Å². The molecule has 0 aromatic heterocycles. The molecule has 1 fully saturated rings. The average molecular weight is 312 g/mol. The first kappa shape index (κ1) is 16.3. The molecule has 1 atom stereocenters. The second-order valence-electron chi connectivity index (χ2n) is 5.28. The number of ether oxygens (including phenoxy) is 1. The van der Waals surface area contributed by atoms with Gasteiger partial charge in [-0.15, -0.1) is 0 Å². The number of benzene rings is 1. The van der Waals surface area contributed by atoms with E-state index in [1.165, 1.54) is 6.42 Å². The largest absolute Gasteiger partial charge is 0.497 e. The lowest BCUT2D eigenvalue weighted by molar-refractivity contribution is 0.319. The van der Waals surface area contributed by atoms with Gasteiger partial charge in [0, 0.05) is 19.1 Å². The van der Waals surface area contributed by atoms with Gasteiger partial charge in [0.15, 0.2) is 0 Å². The van der Waals surface area contributed by atoms with Crippen LogP contribution in [0.25, 0.3) is 0 Å². The van der Waals surface area contributed by atoms with Crippen molar-refractivity contribution in [2.45, 2.75) is 37.1 Å². The first-order valence-corrected chi connectivity index (χ1v) is 8.89. The molecule has 1 N–H and O–H groups in total.